The van der Waals surface area contributed by atoms with Gasteiger partial charge in [-0.05, 0) is 75.5 Å². The molecule has 0 heterocycles. The van der Waals surface area contributed by atoms with Crippen molar-refractivity contribution in [2.45, 2.75) is 65.4 Å². The molecule has 0 aliphatic heterocycles. The molecule has 2 fully saturated rings. The van der Waals surface area contributed by atoms with Gasteiger partial charge >= 0.3 is 0 Å². The molecule has 0 bridgehead atoms. The highest BCUT2D eigenvalue weighted by atomic mass is 16.3. The van der Waals surface area contributed by atoms with Crippen LogP contribution in [-0.2, 0) is 0 Å². The molecular weight excluding hydrogens is 208 g/mol. The van der Waals surface area contributed by atoms with Gasteiger partial charge in [-0.25, -0.2) is 0 Å². The third-order valence-electron chi connectivity index (χ3n) is 6.47. The van der Waals surface area contributed by atoms with Crippen LogP contribution in [-0.4, -0.2) is 11.2 Å². The number of hydrogen-bond acceptors (Lipinski definition) is 1. The lowest BCUT2D eigenvalue weighted by Gasteiger charge is -2.50. The summed E-state index contributed by atoms with van der Waals surface area (Å²) < 4.78 is 0. The Morgan fingerprint density at radius 2 is 1.88 bits per heavy atom. The fourth-order valence-corrected chi connectivity index (χ4v) is 5.10. The van der Waals surface area contributed by atoms with Gasteiger partial charge in [0.1, 0.15) is 0 Å². The zero-order chi connectivity index (χ0) is 12.2. The summed E-state index contributed by atoms with van der Waals surface area (Å²) in [5.41, 5.74) is 3.57. The Balaban J connectivity index is 1.92. The quantitative estimate of drug-likeness (QED) is 0.630. The van der Waals surface area contributed by atoms with Gasteiger partial charge in [0.15, 0.2) is 0 Å². The molecule has 3 aliphatic rings. The van der Waals surface area contributed by atoms with Crippen molar-refractivity contribution in [2.24, 2.45) is 23.2 Å². The Bertz CT molecular complexity index is 357. The highest BCUT2D eigenvalue weighted by Gasteiger charge is 2.53. The number of rotatable bonds is 0. The fourth-order valence-electron chi connectivity index (χ4n) is 5.10. The molecule has 0 saturated heterocycles. The summed E-state index contributed by atoms with van der Waals surface area (Å²) in [5, 5.41) is 10.3. The molecule has 1 heteroatoms. The third-order valence-corrected chi connectivity index (χ3v) is 6.47. The SMILES string of the molecule is CC1=C(C)C2CCC3(C)C(O)CCC3C2CC1. The number of allylic oxidation sites excluding steroid dienone is 2. The zero-order valence-corrected chi connectivity index (χ0v) is 11.5. The molecule has 0 aromatic carbocycles. The monoisotopic (exact) mass is 234 g/mol. The molecule has 1 nitrogen and oxygen atoms in total. The van der Waals surface area contributed by atoms with Gasteiger partial charge in [-0.2, -0.15) is 0 Å². The summed E-state index contributed by atoms with van der Waals surface area (Å²) in [6.45, 7) is 7.04. The smallest absolute Gasteiger partial charge is 0.0596 e. The fraction of sp³-hybridized carbons (Fsp3) is 0.875. The van der Waals surface area contributed by atoms with Crippen LogP contribution in [0, 0.1) is 23.2 Å². The molecule has 0 aromatic heterocycles. The molecular formula is C16H26O. The molecule has 0 spiro atoms. The molecule has 3 aliphatic carbocycles. The second-order valence-corrected chi connectivity index (χ2v) is 7.02. The molecule has 96 valence electrons. The van der Waals surface area contributed by atoms with E-state index in [0.29, 0.717) is 0 Å². The average Bonchev–Trinajstić information content (AvgIpc) is 2.61. The van der Waals surface area contributed by atoms with Crippen LogP contribution in [0.2, 0.25) is 0 Å². The van der Waals surface area contributed by atoms with Gasteiger partial charge in [0.2, 0.25) is 0 Å². The van der Waals surface area contributed by atoms with Gasteiger partial charge in [-0.3, -0.25) is 0 Å². The van der Waals surface area contributed by atoms with Crippen molar-refractivity contribution in [1.29, 1.82) is 0 Å². The van der Waals surface area contributed by atoms with Gasteiger partial charge in [0.05, 0.1) is 6.10 Å². The van der Waals surface area contributed by atoms with Crippen LogP contribution in [0.1, 0.15) is 59.3 Å². The Kier molecular flexibility index (Phi) is 2.66. The highest BCUT2D eigenvalue weighted by Crippen LogP contribution is 2.59. The van der Waals surface area contributed by atoms with Crippen molar-refractivity contribution in [3.8, 4) is 0 Å². The van der Waals surface area contributed by atoms with E-state index in [4.69, 9.17) is 0 Å². The van der Waals surface area contributed by atoms with Crippen LogP contribution in [0.5, 0.6) is 0 Å². The summed E-state index contributed by atoms with van der Waals surface area (Å²) in [5.74, 6) is 2.50. The van der Waals surface area contributed by atoms with E-state index >= 15 is 0 Å². The maximum Gasteiger partial charge on any atom is 0.0596 e. The lowest BCUT2D eigenvalue weighted by molar-refractivity contribution is -0.0304. The second kappa shape index (κ2) is 3.85. The summed E-state index contributed by atoms with van der Waals surface area (Å²) in [7, 11) is 0. The highest BCUT2D eigenvalue weighted by molar-refractivity contribution is 5.21. The van der Waals surface area contributed by atoms with Gasteiger partial charge < -0.3 is 5.11 Å². The first-order valence-corrected chi connectivity index (χ1v) is 7.38. The Morgan fingerprint density at radius 3 is 2.65 bits per heavy atom. The van der Waals surface area contributed by atoms with Gasteiger partial charge in [0.25, 0.3) is 0 Å². The van der Waals surface area contributed by atoms with Crippen molar-refractivity contribution < 1.29 is 5.11 Å². The van der Waals surface area contributed by atoms with Gasteiger partial charge in [0, 0.05) is 0 Å². The molecule has 5 atom stereocenters. The summed E-state index contributed by atoms with van der Waals surface area (Å²) >= 11 is 0. The maximum absolute atomic E-state index is 10.3. The molecule has 5 unspecified atom stereocenters. The van der Waals surface area contributed by atoms with Crippen molar-refractivity contribution in [3.63, 3.8) is 0 Å². The van der Waals surface area contributed by atoms with Crippen LogP contribution >= 0.6 is 0 Å². The molecule has 17 heavy (non-hydrogen) atoms. The first-order chi connectivity index (χ1) is 8.04. The topological polar surface area (TPSA) is 20.2 Å². The lowest BCUT2D eigenvalue weighted by atomic mass is 9.55. The van der Waals surface area contributed by atoms with Gasteiger partial charge in [-0.15, -0.1) is 0 Å². The molecule has 1 N–H and O–H groups in total. The van der Waals surface area contributed by atoms with E-state index in [9.17, 15) is 5.11 Å². The average molecular weight is 234 g/mol. The standard InChI is InChI=1S/C16H26O/c1-10-4-5-13-12(11(10)2)8-9-16(3)14(13)6-7-15(16)17/h12-15,17H,4-9H2,1-3H3. The van der Waals surface area contributed by atoms with E-state index in [1.165, 1.54) is 32.1 Å². The number of aliphatic hydroxyl groups is 1. The van der Waals surface area contributed by atoms with Crippen LogP contribution < -0.4 is 0 Å². The van der Waals surface area contributed by atoms with Crippen molar-refractivity contribution in [2.75, 3.05) is 0 Å². The Morgan fingerprint density at radius 1 is 1.12 bits per heavy atom. The first-order valence-electron chi connectivity index (χ1n) is 7.38. The number of hydrogen-bond donors (Lipinski definition) is 1. The van der Waals surface area contributed by atoms with Crippen LogP contribution in [0.15, 0.2) is 11.1 Å². The van der Waals surface area contributed by atoms with Crippen LogP contribution in [0.25, 0.3) is 0 Å². The molecule has 0 aromatic rings. The molecule has 2 saturated carbocycles. The van der Waals surface area contributed by atoms with E-state index in [2.05, 4.69) is 20.8 Å². The zero-order valence-electron chi connectivity index (χ0n) is 11.5. The minimum Gasteiger partial charge on any atom is -0.393 e. The van der Waals surface area contributed by atoms with E-state index in [1.54, 1.807) is 11.1 Å². The van der Waals surface area contributed by atoms with Crippen LogP contribution in [0.3, 0.4) is 0 Å². The van der Waals surface area contributed by atoms with Crippen molar-refractivity contribution >= 4 is 0 Å². The van der Waals surface area contributed by atoms with E-state index in [-0.39, 0.29) is 11.5 Å². The molecule has 0 amide bonds. The second-order valence-electron chi connectivity index (χ2n) is 7.02. The van der Waals surface area contributed by atoms with Crippen molar-refractivity contribution in [3.05, 3.63) is 11.1 Å². The largest absolute Gasteiger partial charge is 0.393 e. The summed E-state index contributed by atoms with van der Waals surface area (Å²) in [6.07, 6.45) is 7.52. The third kappa shape index (κ3) is 1.54. The minimum atomic E-state index is -0.0271. The molecule has 0 radical (unpaired) electrons. The summed E-state index contributed by atoms with van der Waals surface area (Å²) in [4.78, 5) is 0. The predicted octanol–water partition coefficient (Wildman–Crippen LogP) is 3.92. The van der Waals surface area contributed by atoms with E-state index < -0.39 is 0 Å². The Hall–Kier alpha value is -0.300. The van der Waals surface area contributed by atoms with Gasteiger partial charge in [-0.1, -0.05) is 18.1 Å². The number of aliphatic hydroxyl groups excluding tert-OH is 1. The van der Waals surface area contributed by atoms with E-state index in [1.807, 2.05) is 0 Å². The predicted molar refractivity (Wildman–Crippen MR) is 70.7 cm³/mol. The lowest BCUT2D eigenvalue weighted by Crippen LogP contribution is -2.44. The Labute approximate surface area is 105 Å². The number of fused-ring (bicyclic) bond motifs is 3. The maximum atomic E-state index is 10.3. The normalized spacial score (nSPS) is 50.1. The summed E-state index contributed by atoms with van der Waals surface area (Å²) in [6, 6.07) is 0. The molecule has 3 rings (SSSR count). The first kappa shape index (κ1) is 11.8. The van der Waals surface area contributed by atoms with Crippen molar-refractivity contribution in [1.82, 2.24) is 0 Å². The minimum absolute atomic E-state index is 0.0271. The van der Waals surface area contributed by atoms with E-state index in [0.717, 1.165) is 24.2 Å². The van der Waals surface area contributed by atoms with Crippen LogP contribution in [0.4, 0.5) is 0 Å².